The molecule has 1 spiro atoms. The summed E-state index contributed by atoms with van der Waals surface area (Å²) in [4.78, 5) is 39.2. The topological polar surface area (TPSA) is 87.2 Å². The van der Waals surface area contributed by atoms with Crippen molar-refractivity contribution >= 4 is 39.8 Å². The largest absolute Gasteiger partial charge is 0.483 e. The molecular formula is C24H30N2O5S. The van der Waals surface area contributed by atoms with Crippen molar-refractivity contribution in [2.45, 2.75) is 45.1 Å². The van der Waals surface area contributed by atoms with Crippen LogP contribution in [0.1, 0.15) is 47.3 Å². The molecule has 1 atom stereocenters. The highest BCUT2D eigenvalue weighted by atomic mass is 32.1. The molecule has 3 aliphatic heterocycles. The maximum absolute atomic E-state index is 13.0. The van der Waals surface area contributed by atoms with Crippen molar-refractivity contribution in [3.63, 3.8) is 0 Å². The Labute approximate surface area is 191 Å². The molecule has 5 rings (SSSR count). The van der Waals surface area contributed by atoms with E-state index in [-0.39, 0.29) is 29.9 Å². The van der Waals surface area contributed by atoms with E-state index in [2.05, 4.69) is 30.0 Å². The SMILES string of the molecule is Cc1ccc2sc(C(=O)N3CCC4(CC3)CC(CN3CCCC3)OC4=O)cc2c1.O=CO. The van der Waals surface area contributed by atoms with Crippen molar-refractivity contribution in [2.75, 3.05) is 32.7 Å². The molecule has 0 saturated carbocycles. The summed E-state index contributed by atoms with van der Waals surface area (Å²) >= 11 is 1.56. The molecule has 1 aromatic heterocycles. The van der Waals surface area contributed by atoms with Gasteiger partial charge in [0.05, 0.1) is 10.3 Å². The summed E-state index contributed by atoms with van der Waals surface area (Å²) in [6, 6.07) is 8.31. The van der Waals surface area contributed by atoms with E-state index < -0.39 is 0 Å². The van der Waals surface area contributed by atoms with Gasteiger partial charge in [-0.1, -0.05) is 17.7 Å². The summed E-state index contributed by atoms with van der Waals surface area (Å²) < 4.78 is 6.92. The van der Waals surface area contributed by atoms with Crippen LogP contribution in [0.25, 0.3) is 10.1 Å². The summed E-state index contributed by atoms with van der Waals surface area (Å²) in [6.45, 7) is 6.21. The number of esters is 1. The van der Waals surface area contributed by atoms with Crippen LogP contribution in [0, 0.1) is 12.3 Å². The minimum atomic E-state index is -0.377. The van der Waals surface area contributed by atoms with E-state index in [0.29, 0.717) is 13.1 Å². The first kappa shape index (κ1) is 22.7. The van der Waals surface area contributed by atoms with Crippen LogP contribution in [0.2, 0.25) is 0 Å². The molecule has 1 N–H and O–H groups in total. The average molecular weight is 459 g/mol. The van der Waals surface area contributed by atoms with Crippen molar-refractivity contribution in [1.82, 2.24) is 9.80 Å². The first-order valence-electron chi connectivity index (χ1n) is 11.2. The van der Waals surface area contributed by atoms with Crippen LogP contribution in [0.5, 0.6) is 0 Å². The van der Waals surface area contributed by atoms with E-state index in [1.165, 1.54) is 18.4 Å². The predicted molar refractivity (Wildman–Crippen MR) is 123 cm³/mol. The Morgan fingerprint density at radius 2 is 1.91 bits per heavy atom. The summed E-state index contributed by atoms with van der Waals surface area (Å²) in [5.41, 5.74) is 0.829. The maximum Gasteiger partial charge on any atom is 0.312 e. The number of fused-ring (bicyclic) bond motifs is 1. The van der Waals surface area contributed by atoms with Gasteiger partial charge in [0.2, 0.25) is 0 Å². The lowest BCUT2D eigenvalue weighted by atomic mass is 9.76. The number of benzene rings is 1. The van der Waals surface area contributed by atoms with E-state index >= 15 is 0 Å². The Morgan fingerprint density at radius 1 is 1.22 bits per heavy atom. The van der Waals surface area contributed by atoms with Gasteiger partial charge >= 0.3 is 5.97 Å². The van der Waals surface area contributed by atoms with Crippen LogP contribution in [0.15, 0.2) is 24.3 Å². The monoisotopic (exact) mass is 458 g/mol. The normalized spacial score (nSPS) is 22.6. The molecule has 0 bridgehead atoms. The van der Waals surface area contributed by atoms with Crippen LogP contribution < -0.4 is 0 Å². The number of carbonyl (C=O) groups excluding carboxylic acids is 2. The van der Waals surface area contributed by atoms with Crippen LogP contribution >= 0.6 is 11.3 Å². The number of carboxylic acid groups (broad SMARTS) is 1. The average Bonchev–Trinajstić information content (AvgIpc) is 3.49. The molecule has 7 nitrogen and oxygen atoms in total. The Bertz CT molecular complexity index is 989. The minimum absolute atomic E-state index is 0.0219. The zero-order chi connectivity index (χ0) is 22.7. The van der Waals surface area contributed by atoms with Crippen LogP contribution in [0.4, 0.5) is 0 Å². The number of aryl methyl sites for hydroxylation is 1. The molecule has 3 aliphatic rings. The van der Waals surface area contributed by atoms with Crippen LogP contribution in [0.3, 0.4) is 0 Å². The Kier molecular flexibility index (Phi) is 6.81. The third kappa shape index (κ3) is 4.66. The number of rotatable bonds is 3. The number of carbonyl (C=O) groups is 3. The lowest BCUT2D eigenvalue weighted by Gasteiger charge is -2.36. The first-order valence-corrected chi connectivity index (χ1v) is 12.1. The number of thiophene rings is 1. The molecule has 3 saturated heterocycles. The van der Waals surface area contributed by atoms with Gasteiger partial charge in [-0.15, -0.1) is 11.3 Å². The van der Waals surface area contributed by atoms with Crippen molar-refractivity contribution in [1.29, 1.82) is 0 Å². The molecular weight excluding hydrogens is 428 g/mol. The van der Waals surface area contributed by atoms with Gasteiger partial charge in [0.1, 0.15) is 6.10 Å². The van der Waals surface area contributed by atoms with Gasteiger partial charge in [0.25, 0.3) is 12.4 Å². The number of nitrogens with zero attached hydrogens (tertiary/aromatic N) is 2. The van der Waals surface area contributed by atoms with Gasteiger partial charge in [0.15, 0.2) is 0 Å². The second-order valence-electron chi connectivity index (χ2n) is 9.07. The molecule has 1 aromatic carbocycles. The summed E-state index contributed by atoms with van der Waals surface area (Å²) in [5.74, 6) is 0.0600. The lowest BCUT2D eigenvalue weighted by Crippen LogP contribution is -2.45. The quantitative estimate of drug-likeness (QED) is 0.559. The molecule has 1 unspecified atom stereocenters. The lowest BCUT2D eigenvalue weighted by molar-refractivity contribution is -0.151. The van der Waals surface area contributed by atoms with Gasteiger partial charge in [-0.3, -0.25) is 19.3 Å². The van der Waals surface area contributed by atoms with Gasteiger partial charge in [-0.25, -0.2) is 0 Å². The Balaban J connectivity index is 0.000000775. The van der Waals surface area contributed by atoms with Crippen molar-refractivity contribution in [3.05, 3.63) is 34.7 Å². The molecule has 4 heterocycles. The maximum atomic E-state index is 13.0. The third-order valence-corrected chi connectivity index (χ3v) is 7.98. The summed E-state index contributed by atoms with van der Waals surface area (Å²) in [7, 11) is 0. The molecule has 172 valence electrons. The molecule has 3 fully saturated rings. The van der Waals surface area contributed by atoms with E-state index in [1.54, 1.807) is 11.3 Å². The predicted octanol–water partition coefficient (Wildman–Crippen LogP) is 3.54. The molecule has 0 radical (unpaired) electrons. The number of likely N-dealkylation sites (tertiary alicyclic amines) is 2. The van der Waals surface area contributed by atoms with Crippen molar-refractivity contribution in [2.24, 2.45) is 5.41 Å². The van der Waals surface area contributed by atoms with Crippen LogP contribution in [-0.4, -0.2) is 72.1 Å². The van der Waals surface area contributed by atoms with Gasteiger partial charge in [0, 0.05) is 30.8 Å². The second kappa shape index (κ2) is 9.58. The van der Waals surface area contributed by atoms with Gasteiger partial charge in [-0.05, 0) is 63.2 Å². The number of amides is 1. The fourth-order valence-electron chi connectivity index (χ4n) is 5.16. The molecule has 0 aliphatic carbocycles. The number of hydrogen-bond donors (Lipinski definition) is 1. The number of cyclic esters (lactones) is 1. The fourth-order valence-corrected chi connectivity index (χ4v) is 6.17. The number of hydrogen-bond acceptors (Lipinski definition) is 6. The fraction of sp³-hybridized carbons (Fsp3) is 0.542. The number of ether oxygens (including phenoxy) is 1. The highest BCUT2D eigenvalue weighted by Crippen LogP contribution is 2.44. The smallest absolute Gasteiger partial charge is 0.312 e. The second-order valence-corrected chi connectivity index (χ2v) is 10.2. The third-order valence-electron chi connectivity index (χ3n) is 6.88. The zero-order valence-electron chi connectivity index (χ0n) is 18.4. The highest BCUT2D eigenvalue weighted by Gasteiger charge is 2.51. The first-order chi connectivity index (χ1) is 15.4. The highest BCUT2D eigenvalue weighted by molar-refractivity contribution is 7.20. The van der Waals surface area contributed by atoms with Crippen molar-refractivity contribution < 1.29 is 24.2 Å². The van der Waals surface area contributed by atoms with Gasteiger partial charge in [-0.2, -0.15) is 0 Å². The number of piperidine rings is 1. The Hall–Kier alpha value is -2.45. The minimum Gasteiger partial charge on any atom is -0.483 e. The summed E-state index contributed by atoms with van der Waals surface area (Å²) in [6.07, 6.45) is 4.77. The Morgan fingerprint density at radius 3 is 2.59 bits per heavy atom. The van der Waals surface area contributed by atoms with Gasteiger partial charge < -0.3 is 14.7 Å². The molecule has 1 amide bonds. The van der Waals surface area contributed by atoms with Crippen LogP contribution in [-0.2, 0) is 14.3 Å². The van der Waals surface area contributed by atoms with Crippen molar-refractivity contribution in [3.8, 4) is 0 Å². The van der Waals surface area contributed by atoms with E-state index in [9.17, 15) is 9.59 Å². The zero-order valence-corrected chi connectivity index (χ0v) is 19.2. The summed E-state index contributed by atoms with van der Waals surface area (Å²) in [5, 5.41) is 8.02. The van der Waals surface area contributed by atoms with E-state index in [0.717, 1.165) is 53.9 Å². The van der Waals surface area contributed by atoms with E-state index in [4.69, 9.17) is 14.6 Å². The molecule has 32 heavy (non-hydrogen) atoms. The van der Waals surface area contributed by atoms with E-state index in [1.807, 2.05) is 11.0 Å². The molecule has 2 aromatic rings. The standard InChI is InChI=1S/C23H28N2O3S.CH2O2/c1-16-4-5-19-17(12-16)13-20(29-19)21(26)25-10-6-23(7-11-25)14-18(28-22(23)27)15-24-8-2-3-9-24;2-1-3/h4-5,12-13,18H,2-3,6-11,14-15H2,1H3;1H,(H,2,3). The molecule has 8 heteroatoms.